The Morgan fingerprint density at radius 2 is 1.85 bits per heavy atom. The van der Waals surface area contributed by atoms with Crippen LogP contribution in [0.2, 0.25) is 5.02 Å². The Kier molecular flexibility index (Phi) is 8.59. The van der Waals surface area contributed by atoms with E-state index in [1.54, 1.807) is 53.1 Å². The van der Waals surface area contributed by atoms with E-state index < -0.39 is 35.1 Å². The highest BCUT2D eigenvalue weighted by Gasteiger charge is 2.79. The Hall–Kier alpha value is -2.68. The van der Waals surface area contributed by atoms with Gasteiger partial charge in [-0.25, -0.2) is 0 Å². The summed E-state index contributed by atoms with van der Waals surface area (Å²) in [7, 11) is 0. The minimum atomic E-state index is -1.17. The van der Waals surface area contributed by atoms with Gasteiger partial charge in [0.2, 0.25) is 11.8 Å². The lowest BCUT2D eigenvalue weighted by Gasteiger charge is -2.38. The third kappa shape index (κ3) is 4.60. The molecule has 3 aliphatic rings. The van der Waals surface area contributed by atoms with Crippen molar-refractivity contribution in [3.63, 3.8) is 0 Å². The molecule has 3 fully saturated rings. The van der Waals surface area contributed by atoms with Crippen LogP contribution >= 0.6 is 11.6 Å². The number of likely N-dealkylation sites (tertiary alicyclic amines) is 1. The van der Waals surface area contributed by atoms with Gasteiger partial charge < -0.3 is 24.5 Å². The maximum Gasteiger partial charge on any atom is 0.253 e. The molecule has 1 aromatic rings. The van der Waals surface area contributed by atoms with Crippen molar-refractivity contribution in [2.45, 2.75) is 69.7 Å². The highest BCUT2D eigenvalue weighted by molar-refractivity contribution is 6.30. The smallest absolute Gasteiger partial charge is 0.253 e. The molecule has 8 nitrogen and oxygen atoms in total. The van der Waals surface area contributed by atoms with Crippen LogP contribution in [-0.2, 0) is 19.1 Å². The number of benzene rings is 1. The summed E-state index contributed by atoms with van der Waals surface area (Å²) in [5, 5.41) is 10.7. The molecule has 0 saturated carbocycles. The number of nitrogens with zero attached hydrogens (tertiary/aromatic N) is 3. The number of carbonyl (C=O) groups is 3. The van der Waals surface area contributed by atoms with E-state index in [0.717, 1.165) is 6.42 Å². The Morgan fingerprint density at radius 1 is 1.18 bits per heavy atom. The summed E-state index contributed by atoms with van der Waals surface area (Å²) in [6.07, 6.45) is 5.69. The average molecular weight is 558 g/mol. The summed E-state index contributed by atoms with van der Waals surface area (Å²) in [5.41, 5.74) is -1.40. The first kappa shape index (κ1) is 29.3. The van der Waals surface area contributed by atoms with Crippen LogP contribution in [0.4, 0.5) is 5.69 Å². The highest BCUT2D eigenvalue weighted by Crippen LogP contribution is 2.65. The molecule has 3 aliphatic heterocycles. The summed E-state index contributed by atoms with van der Waals surface area (Å²) >= 11 is 6.11. The number of hydrogen-bond donors (Lipinski definition) is 1. The van der Waals surface area contributed by atoms with E-state index in [1.807, 2.05) is 13.8 Å². The van der Waals surface area contributed by atoms with E-state index in [9.17, 15) is 19.5 Å². The Balaban J connectivity index is 1.84. The second-order valence-corrected chi connectivity index (χ2v) is 11.3. The molecule has 3 saturated heterocycles. The van der Waals surface area contributed by atoms with Gasteiger partial charge >= 0.3 is 0 Å². The molecule has 2 unspecified atom stereocenters. The van der Waals surface area contributed by atoms with E-state index in [0.29, 0.717) is 43.1 Å². The quantitative estimate of drug-likeness (QED) is 0.395. The van der Waals surface area contributed by atoms with Crippen LogP contribution in [0.1, 0.15) is 46.5 Å². The number of anilines is 1. The molecule has 2 bridgehead atoms. The standard InChI is InChI=1S/C30H40ClN3O5/c1-6-16-32(17-7-2)26(36)23-24-27(37)34(20(5)19-35)25(30(24)15-14-29(23,9-4)39-30)28(38)33(18-8-3)22-12-10-21(31)11-13-22/h6,8,10-13,20,23-25,35H,1,3,7,9,14-19H2,2,4-5H3/t20-,23-,24+,25?,29+,30?/m1/s1. The summed E-state index contributed by atoms with van der Waals surface area (Å²) in [4.78, 5) is 47.7. The number of aliphatic hydroxyl groups is 1. The Labute approximate surface area is 236 Å². The van der Waals surface area contributed by atoms with Gasteiger partial charge in [0.25, 0.3) is 5.91 Å². The summed E-state index contributed by atoms with van der Waals surface area (Å²) in [5.74, 6) is -2.31. The van der Waals surface area contributed by atoms with Gasteiger partial charge in [0.15, 0.2) is 0 Å². The maximum atomic E-state index is 14.5. The van der Waals surface area contributed by atoms with Crippen molar-refractivity contribution in [1.29, 1.82) is 0 Å². The number of carbonyl (C=O) groups excluding carboxylic acids is 3. The maximum absolute atomic E-state index is 14.5. The monoisotopic (exact) mass is 557 g/mol. The minimum absolute atomic E-state index is 0.135. The number of ether oxygens (including phenoxy) is 1. The zero-order valence-electron chi connectivity index (χ0n) is 23.1. The lowest BCUT2D eigenvalue weighted by Crippen LogP contribution is -2.58. The fraction of sp³-hybridized carbons (Fsp3) is 0.567. The third-order valence-corrected chi connectivity index (χ3v) is 8.98. The minimum Gasteiger partial charge on any atom is -0.394 e. The predicted octanol–water partition coefficient (Wildman–Crippen LogP) is 3.82. The number of amides is 3. The van der Waals surface area contributed by atoms with Crippen molar-refractivity contribution in [2.75, 3.05) is 31.1 Å². The average Bonchev–Trinajstić information content (AvgIpc) is 3.54. The number of fused-ring (bicyclic) bond motifs is 1. The van der Waals surface area contributed by atoms with Crippen molar-refractivity contribution >= 4 is 35.0 Å². The van der Waals surface area contributed by atoms with Gasteiger partial charge in [-0.15, -0.1) is 13.2 Å². The van der Waals surface area contributed by atoms with Gasteiger partial charge in [-0.05, 0) is 56.9 Å². The van der Waals surface area contributed by atoms with Crippen LogP contribution in [-0.4, -0.2) is 82.2 Å². The lowest BCUT2D eigenvalue weighted by molar-refractivity contribution is -0.153. The fourth-order valence-corrected chi connectivity index (χ4v) is 7.13. The van der Waals surface area contributed by atoms with Crippen LogP contribution < -0.4 is 4.90 Å². The van der Waals surface area contributed by atoms with Gasteiger partial charge in [0.05, 0.1) is 30.1 Å². The molecule has 1 aromatic carbocycles. The van der Waals surface area contributed by atoms with E-state index >= 15 is 0 Å². The van der Waals surface area contributed by atoms with Crippen LogP contribution in [0.5, 0.6) is 0 Å². The lowest BCUT2D eigenvalue weighted by atomic mass is 9.64. The number of aliphatic hydroxyl groups excluding tert-OH is 1. The van der Waals surface area contributed by atoms with Gasteiger partial charge in [0, 0.05) is 30.3 Å². The van der Waals surface area contributed by atoms with Gasteiger partial charge in [0.1, 0.15) is 11.6 Å². The summed E-state index contributed by atoms with van der Waals surface area (Å²) in [6.45, 7) is 14.1. The van der Waals surface area contributed by atoms with Crippen molar-refractivity contribution < 1.29 is 24.2 Å². The third-order valence-electron chi connectivity index (χ3n) is 8.73. The summed E-state index contributed by atoms with van der Waals surface area (Å²) < 4.78 is 6.86. The van der Waals surface area contributed by atoms with Crippen LogP contribution in [0.15, 0.2) is 49.6 Å². The molecular formula is C30H40ClN3O5. The number of hydrogen-bond acceptors (Lipinski definition) is 5. The van der Waals surface area contributed by atoms with Crippen molar-refractivity contribution in [1.82, 2.24) is 9.80 Å². The second kappa shape index (κ2) is 11.4. The highest BCUT2D eigenvalue weighted by atomic mass is 35.5. The van der Waals surface area contributed by atoms with E-state index in [2.05, 4.69) is 13.2 Å². The fourth-order valence-electron chi connectivity index (χ4n) is 7.01. The van der Waals surface area contributed by atoms with Gasteiger partial charge in [-0.1, -0.05) is 37.6 Å². The first-order valence-electron chi connectivity index (χ1n) is 13.9. The first-order chi connectivity index (χ1) is 18.7. The summed E-state index contributed by atoms with van der Waals surface area (Å²) in [6, 6.07) is 5.27. The molecule has 39 heavy (non-hydrogen) atoms. The molecule has 1 spiro atoms. The predicted molar refractivity (Wildman–Crippen MR) is 151 cm³/mol. The van der Waals surface area contributed by atoms with Crippen molar-refractivity contribution in [3.05, 3.63) is 54.6 Å². The van der Waals surface area contributed by atoms with Crippen LogP contribution in [0.3, 0.4) is 0 Å². The molecule has 3 amide bonds. The molecule has 6 atom stereocenters. The second-order valence-electron chi connectivity index (χ2n) is 10.9. The number of halogens is 1. The molecule has 0 radical (unpaired) electrons. The zero-order valence-corrected chi connectivity index (χ0v) is 23.9. The molecule has 3 heterocycles. The normalized spacial score (nSPS) is 29.7. The Morgan fingerprint density at radius 3 is 2.41 bits per heavy atom. The molecule has 212 valence electrons. The SMILES string of the molecule is C=CCN(CCC)C(=O)[C@H]1[C@H]2C(=O)N([C@H](C)CO)C(C(=O)N(CC=C)c3ccc(Cl)cc3)C23CC[C@]1(CC)O3. The Bertz CT molecular complexity index is 1130. The largest absolute Gasteiger partial charge is 0.394 e. The van der Waals surface area contributed by atoms with E-state index in [4.69, 9.17) is 16.3 Å². The molecule has 0 aliphatic carbocycles. The van der Waals surface area contributed by atoms with Gasteiger partial charge in [-0.2, -0.15) is 0 Å². The molecule has 0 aromatic heterocycles. The zero-order chi connectivity index (χ0) is 28.5. The topological polar surface area (TPSA) is 90.4 Å². The first-order valence-corrected chi connectivity index (χ1v) is 14.2. The van der Waals surface area contributed by atoms with Gasteiger partial charge in [-0.3, -0.25) is 14.4 Å². The van der Waals surface area contributed by atoms with Crippen LogP contribution in [0.25, 0.3) is 0 Å². The molecular weight excluding hydrogens is 518 g/mol. The molecule has 1 N–H and O–H groups in total. The van der Waals surface area contributed by atoms with Crippen molar-refractivity contribution in [3.8, 4) is 0 Å². The molecule has 9 heteroatoms. The van der Waals surface area contributed by atoms with E-state index in [-0.39, 0.29) is 30.9 Å². The number of rotatable bonds is 12. The molecule has 4 rings (SSSR count). The van der Waals surface area contributed by atoms with E-state index in [1.165, 1.54) is 4.90 Å². The van der Waals surface area contributed by atoms with Crippen LogP contribution in [0, 0.1) is 11.8 Å². The van der Waals surface area contributed by atoms with Crippen molar-refractivity contribution in [2.24, 2.45) is 11.8 Å².